The van der Waals surface area contributed by atoms with Crippen molar-refractivity contribution >= 4 is 28.1 Å². The smallest absolute Gasteiger partial charge is 0.254 e. The maximum absolute atomic E-state index is 11.8. The van der Waals surface area contributed by atoms with Gasteiger partial charge in [0.25, 0.3) is 5.91 Å². The largest absolute Gasteiger partial charge is 0.294 e. The van der Waals surface area contributed by atoms with Crippen LogP contribution < -0.4 is 5.43 Å². The third-order valence-electron chi connectivity index (χ3n) is 3.34. The first kappa shape index (κ1) is 15.2. The normalized spacial score (nSPS) is 17.1. The number of hydrogen-bond donors (Lipinski definition) is 1. The Morgan fingerprint density at radius 1 is 1.20 bits per heavy atom. The lowest BCUT2D eigenvalue weighted by atomic mass is 10.2. The van der Waals surface area contributed by atoms with Crippen molar-refractivity contribution in [1.82, 2.24) is 10.3 Å². The van der Waals surface area contributed by atoms with Gasteiger partial charge in [0.1, 0.15) is 0 Å². The highest BCUT2D eigenvalue weighted by molar-refractivity contribution is 9.10. The molecule has 2 rings (SSSR count). The Hall–Kier alpha value is -1.20. The number of likely N-dealkylation sites (tertiary alicyclic amines) is 1. The molecule has 4 nitrogen and oxygen atoms in total. The van der Waals surface area contributed by atoms with E-state index in [2.05, 4.69) is 31.4 Å². The van der Waals surface area contributed by atoms with Crippen LogP contribution in [-0.4, -0.2) is 36.7 Å². The van der Waals surface area contributed by atoms with Crippen LogP contribution in [0.3, 0.4) is 0 Å². The molecule has 0 radical (unpaired) electrons. The van der Waals surface area contributed by atoms with Gasteiger partial charge in [-0.1, -0.05) is 40.9 Å². The number of hydrogen-bond acceptors (Lipinski definition) is 3. The molecule has 1 heterocycles. The maximum atomic E-state index is 11.8. The average Bonchev–Trinajstić information content (AvgIpc) is 2.70. The van der Waals surface area contributed by atoms with Crippen LogP contribution in [0.25, 0.3) is 0 Å². The molecule has 1 N–H and O–H groups in total. The fraction of sp³-hybridized carbons (Fsp3) is 0.467. The van der Waals surface area contributed by atoms with E-state index in [0.29, 0.717) is 6.54 Å². The molecule has 1 aromatic rings. The van der Waals surface area contributed by atoms with Crippen LogP contribution in [0.2, 0.25) is 0 Å². The van der Waals surface area contributed by atoms with Gasteiger partial charge in [0.15, 0.2) is 0 Å². The summed E-state index contributed by atoms with van der Waals surface area (Å²) in [5, 5.41) is 3.99. The number of halogens is 1. The van der Waals surface area contributed by atoms with Gasteiger partial charge in [-0.15, -0.1) is 0 Å². The van der Waals surface area contributed by atoms with Crippen molar-refractivity contribution in [2.24, 2.45) is 5.10 Å². The third-order valence-corrected chi connectivity index (χ3v) is 3.87. The Morgan fingerprint density at radius 3 is 2.50 bits per heavy atom. The lowest BCUT2D eigenvalue weighted by molar-refractivity contribution is -0.122. The Kier molecular flexibility index (Phi) is 6.21. The number of benzene rings is 1. The van der Waals surface area contributed by atoms with Gasteiger partial charge >= 0.3 is 0 Å². The summed E-state index contributed by atoms with van der Waals surface area (Å²) in [4.78, 5) is 14.0. The van der Waals surface area contributed by atoms with Crippen LogP contribution >= 0.6 is 15.9 Å². The maximum Gasteiger partial charge on any atom is 0.254 e. The molecule has 0 bridgehead atoms. The van der Waals surface area contributed by atoms with Crippen molar-refractivity contribution < 1.29 is 4.79 Å². The van der Waals surface area contributed by atoms with Crippen LogP contribution in [0, 0.1) is 0 Å². The van der Waals surface area contributed by atoms with Crippen LogP contribution in [0.4, 0.5) is 0 Å². The number of amides is 1. The van der Waals surface area contributed by atoms with Crippen LogP contribution in [-0.2, 0) is 4.79 Å². The lowest BCUT2D eigenvalue weighted by Gasteiger charge is -2.17. The summed E-state index contributed by atoms with van der Waals surface area (Å²) < 4.78 is 1.03. The summed E-state index contributed by atoms with van der Waals surface area (Å²) in [7, 11) is 0. The monoisotopic (exact) mass is 337 g/mol. The molecule has 0 aromatic heterocycles. The molecule has 1 fully saturated rings. The van der Waals surface area contributed by atoms with Crippen molar-refractivity contribution in [1.29, 1.82) is 0 Å². The van der Waals surface area contributed by atoms with Crippen molar-refractivity contribution in [2.45, 2.75) is 25.7 Å². The van der Waals surface area contributed by atoms with E-state index in [1.54, 1.807) is 6.21 Å². The number of rotatable bonds is 4. The first-order valence-corrected chi connectivity index (χ1v) is 7.83. The van der Waals surface area contributed by atoms with Gasteiger partial charge in [0.05, 0.1) is 12.8 Å². The minimum Gasteiger partial charge on any atom is -0.294 e. The molecule has 0 saturated carbocycles. The van der Waals surface area contributed by atoms with Crippen molar-refractivity contribution in [3.05, 3.63) is 34.3 Å². The topological polar surface area (TPSA) is 44.7 Å². The van der Waals surface area contributed by atoms with E-state index < -0.39 is 0 Å². The summed E-state index contributed by atoms with van der Waals surface area (Å²) in [6.45, 7) is 2.48. The second kappa shape index (κ2) is 8.17. The first-order chi connectivity index (χ1) is 9.74. The minimum atomic E-state index is -0.0414. The number of nitrogens with one attached hydrogen (secondary N) is 1. The molecule has 1 saturated heterocycles. The van der Waals surface area contributed by atoms with Gasteiger partial charge in [-0.05, 0) is 43.6 Å². The van der Waals surface area contributed by atoms with Crippen molar-refractivity contribution in [3.8, 4) is 0 Å². The van der Waals surface area contributed by atoms with Crippen LogP contribution in [0.15, 0.2) is 33.8 Å². The van der Waals surface area contributed by atoms with E-state index in [0.717, 1.165) is 23.1 Å². The Morgan fingerprint density at radius 2 is 1.85 bits per heavy atom. The molecule has 0 aliphatic carbocycles. The van der Waals surface area contributed by atoms with E-state index in [4.69, 9.17) is 0 Å². The summed E-state index contributed by atoms with van der Waals surface area (Å²) in [6, 6.07) is 7.77. The zero-order valence-corrected chi connectivity index (χ0v) is 13.1. The van der Waals surface area contributed by atoms with Crippen LogP contribution in [0.5, 0.6) is 0 Å². The summed E-state index contributed by atoms with van der Waals surface area (Å²) in [6.07, 6.45) is 6.59. The first-order valence-electron chi connectivity index (χ1n) is 7.04. The molecule has 1 aromatic carbocycles. The summed E-state index contributed by atoms with van der Waals surface area (Å²) in [5.74, 6) is -0.0414. The molecule has 0 atom stereocenters. The van der Waals surface area contributed by atoms with E-state index in [-0.39, 0.29) is 5.91 Å². The number of nitrogens with zero attached hydrogens (tertiary/aromatic N) is 2. The van der Waals surface area contributed by atoms with E-state index in [1.807, 2.05) is 24.3 Å². The molecular formula is C15H20BrN3O. The van der Waals surface area contributed by atoms with E-state index in [9.17, 15) is 4.79 Å². The average molecular weight is 338 g/mol. The zero-order chi connectivity index (χ0) is 14.2. The van der Waals surface area contributed by atoms with Crippen molar-refractivity contribution in [3.63, 3.8) is 0 Å². The van der Waals surface area contributed by atoms with Crippen LogP contribution in [0.1, 0.15) is 31.2 Å². The fourth-order valence-corrected chi connectivity index (χ4v) is 2.52. The highest BCUT2D eigenvalue weighted by atomic mass is 79.9. The predicted octanol–water partition coefficient (Wildman–Crippen LogP) is 2.78. The molecule has 20 heavy (non-hydrogen) atoms. The fourth-order valence-electron chi connectivity index (χ4n) is 2.26. The molecule has 0 unspecified atom stereocenters. The molecule has 0 spiro atoms. The molecule has 1 aliphatic rings. The predicted molar refractivity (Wildman–Crippen MR) is 84.8 cm³/mol. The summed E-state index contributed by atoms with van der Waals surface area (Å²) >= 11 is 3.38. The molecule has 1 aliphatic heterocycles. The second-order valence-electron chi connectivity index (χ2n) is 5.04. The number of carbonyl (C=O) groups is 1. The van der Waals surface area contributed by atoms with Gasteiger partial charge in [-0.2, -0.15) is 5.10 Å². The van der Waals surface area contributed by atoms with Gasteiger partial charge < -0.3 is 0 Å². The number of carbonyl (C=O) groups excluding carboxylic acids is 1. The second-order valence-corrected chi connectivity index (χ2v) is 5.95. The highest BCUT2D eigenvalue weighted by Crippen LogP contribution is 2.09. The Balaban J connectivity index is 1.75. The molecular weight excluding hydrogens is 318 g/mol. The van der Waals surface area contributed by atoms with Gasteiger partial charge in [0.2, 0.25) is 0 Å². The minimum absolute atomic E-state index is 0.0414. The van der Waals surface area contributed by atoms with E-state index >= 15 is 0 Å². The van der Waals surface area contributed by atoms with Crippen molar-refractivity contribution in [2.75, 3.05) is 19.6 Å². The van der Waals surface area contributed by atoms with E-state index in [1.165, 1.54) is 25.7 Å². The molecule has 5 heteroatoms. The summed E-state index contributed by atoms with van der Waals surface area (Å²) in [5.41, 5.74) is 3.55. The highest BCUT2D eigenvalue weighted by Gasteiger charge is 2.12. The molecule has 1 amide bonds. The van der Waals surface area contributed by atoms with Gasteiger partial charge in [0, 0.05) is 4.47 Å². The Labute approximate surface area is 128 Å². The van der Waals surface area contributed by atoms with Gasteiger partial charge in [-0.3, -0.25) is 9.69 Å². The third kappa shape index (κ3) is 5.43. The van der Waals surface area contributed by atoms with Gasteiger partial charge in [-0.25, -0.2) is 5.43 Å². The quantitative estimate of drug-likeness (QED) is 0.678. The zero-order valence-electron chi connectivity index (χ0n) is 11.5. The lowest BCUT2D eigenvalue weighted by Crippen LogP contribution is -2.35. The Bertz CT molecular complexity index is 451. The number of hydrazone groups is 1. The molecule has 108 valence electrons. The SMILES string of the molecule is O=C(CN1CCCCCC1)N/N=C/c1ccc(Br)cc1. The standard InChI is InChI=1S/C15H20BrN3O/c16-14-7-5-13(6-8-14)11-17-18-15(20)12-19-9-3-1-2-4-10-19/h5-8,11H,1-4,9-10,12H2,(H,18,20)/b17-11+.